The van der Waals surface area contributed by atoms with Gasteiger partial charge in [0.05, 0.1) is 19.8 Å². The van der Waals surface area contributed by atoms with Crippen molar-refractivity contribution in [1.29, 1.82) is 0 Å². The van der Waals surface area contributed by atoms with Crippen molar-refractivity contribution in [3.8, 4) is 5.75 Å². The third-order valence-corrected chi connectivity index (χ3v) is 3.57. The quantitative estimate of drug-likeness (QED) is 0.673. The summed E-state index contributed by atoms with van der Waals surface area (Å²) in [6, 6.07) is 7.50. The Labute approximate surface area is 106 Å². The maximum absolute atomic E-state index is 9.21. The van der Waals surface area contributed by atoms with E-state index in [9.17, 15) is 5.11 Å². The maximum atomic E-state index is 9.21. The van der Waals surface area contributed by atoms with E-state index in [0.717, 1.165) is 11.3 Å². The van der Waals surface area contributed by atoms with Crippen molar-refractivity contribution in [2.45, 2.75) is 12.1 Å². The van der Waals surface area contributed by atoms with E-state index < -0.39 is 6.10 Å². The summed E-state index contributed by atoms with van der Waals surface area (Å²) in [7, 11) is 1.62. The molecule has 1 aromatic rings. The molecule has 2 unspecified atom stereocenters. The first-order valence-corrected chi connectivity index (χ1v) is 6.59. The number of thioether (sulfide) groups is 1. The number of para-hydroxylation sites is 1. The summed E-state index contributed by atoms with van der Waals surface area (Å²) in [5.74, 6) is 1.94. The average Bonchev–Trinajstić information content (AvgIpc) is 2.38. The second-order valence-corrected chi connectivity index (χ2v) is 4.80. The minimum Gasteiger partial charge on any atom is -0.496 e. The Kier molecular flexibility index (Phi) is 6.36. The van der Waals surface area contributed by atoms with Gasteiger partial charge in [-0.1, -0.05) is 18.2 Å². The van der Waals surface area contributed by atoms with Crippen molar-refractivity contribution in [3.63, 3.8) is 0 Å². The molecule has 0 aliphatic rings. The molecule has 0 heterocycles. The van der Waals surface area contributed by atoms with E-state index in [1.165, 1.54) is 11.8 Å². The molecule has 0 aliphatic heterocycles. The summed E-state index contributed by atoms with van der Waals surface area (Å²) >= 11 is 1.52. The van der Waals surface area contributed by atoms with E-state index in [2.05, 4.69) is 0 Å². The first-order valence-electron chi connectivity index (χ1n) is 5.44. The molecule has 1 rings (SSSR count). The summed E-state index contributed by atoms with van der Waals surface area (Å²) in [5, 5.41) is 17.9. The number of benzene rings is 1. The van der Waals surface area contributed by atoms with Gasteiger partial charge in [-0.25, -0.2) is 0 Å². The van der Waals surface area contributed by atoms with Crippen molar-refractivity contribution < 1.29 is 14.9 Å². The molecular formula is C12H19NO3S. The fraction of sp³-hybridized carbons (Fsp3) is 0.500. The molecule has 1 aromatic carbocycles. The molecule has 17 heavy (non-hydrogen) atoms. The third kappa shape index (κ3) is 4.55. The van der Waals surface area contributed by atoms with Crippen LogP contribution in [0.5, 0.6) is 5.75 Å². The monoisotopic (exact) mass is 257 g/mol. The molecule has 0 bridgehead atoms. The Bertz CT molecular complexity index is 335. The van der Waals surface area contributed by atoms with Crippen LogP contribution in [-0.4, -0.2) is 41.5 Å². The van der Waals surface area contributed by atoms with Crippen LogP contribution < -0.4 is 10.5 Å². The average molecular weight is 257 g/mol. The van der Waals surface area contributed by atoms with E-state index in [0.29, 0.717) is 11.5 Å². The SMILES string of the molecule is COc1ccccc1C(N)CSCC(O)CO. The van der Waals surface area contributed by atoms with Crippen LogP contribution in [0.15, 0.2) is 24.3 Å². The molecule has 5 heteroatoms. The lowest BCUT2D eigenvalue weighted by atomic mass is 10.1. The maximum Gasteiger partial charge on any atom is 0.123 e. The molecular weight excluding hydrogens is 238 g/mol. The van der Waals surface area contributed by atoms with Crippen LogP contribution in [-0.2, 0) is 0 Å². The van der Waals surface area contributed by atoms with Crippen molar-refractivity contribution in [3.05, 3.63) is 29.8 Å². The molecule has 0 fully saturated rings. The fourth-order valence-electron chi connectivity index (χ4n) is 1.45. The predicted octanol–water partition coefficient (Wildman–Crippen LogP) is 0.781. The zero-order chi connectivity index (χ0) is 12.7. The lowest BCUT2D eigenvalue weighted by molar-refractivity contribution is 0.113. The van der Waals surface area contributed by atoms with Gasteiger partial charge in [-0.15, -0.1) is 0 Å². The molecule has 0 aliphatic carbocycles. The summed E-state index contributed by atoms with van der Waals surface area (Å²) in [5.41, 5.74) is 7.01. The Balaban J connectivity index is 2.49. The minimum absolute atomic E-state index is 0.137. The lowest BCUT2D eigenvalue weighted by Gasteiger charge is -2.15. The molecule has 2 atom stereocenters. The van der Waals surface area contributed by atoms with Crippen LogP contribution in [0.25, 0.3) is 0 Å². The zero-order valence-corrected chi connectivity index (χ0v) is 10.7. The van der Waals surface area contributed by atoms with Crippen molar-refractivity contribution in [2.24, 2.45) is 5.73 Å². The number of rotatable bonds is 7. The molecule has 96 valence electrons. The molecule has 0 spiro atoms. The van der Waals surface area contributed by atoms with Crippen LogP contribution in [0, 0.1) is 0 Å². The van der Waals surface area contributed by atoms with Crippen LogP contribution in [0.4, 0.5) is 0 Å². The number of hydrogen-bond acceptors (Lipinski definition) is 5. The Morgan fingerprint density at radius 3 is 2.71 bits per heavy atom. The summed E-state index contributed by atoms with van der Waals surface area (Å²) in [6.07, 6.45) is -0.676. The number of methoxy groups -OCH3 is 1. The van der Waals surface area contributed by atoms with Gasteiger partial charge in [0.1, 0.15) is 5.75 Å². The van der Waals surface area contributed by atoms with Gasteiger partial charge in [-0.3, -0.25) is 0 Å². The van der Waals surface area contributed by atoms with E-state index in [1.807, 2.05) is 24.3 Å². The van der Waals surface area contributed by atoms with Gasteiger partial charge in [-0.2, -0.15) is 11.8 Å². The third-order valence-electron chi connectivity index (χ3n) is 2.36. The number of hydrogen-bond donors (Lipinski definition) is 3. The summed E-state index contributed by atoms with van der Waals surface area (Å²) in [4.78, 5) is 0. The van der Waals surface area contributed by atoms with Crippen LogP contribution in [0.2, 0.25) is 0 Å². The van der Waals surface area contributed by atoms with Crippen LogP contribution in [0.3, 0.4) is 0 Å². The topological polar surface area (TPSA) is 75.7 Å². The highest BCUT2D eigenvalue weighted by Crippen LogP contribution is 2.25. The van der Waals surface area contributed by atoms with Gasteiger partial charge in [0.25, 0.3) is 0 Å². The van der Waals surface area contributed by atoms with Gasteiger partial charge in [0.2, 0.25) is 0 Å². The molecule has 0 aromatic heterocycles. The number of aliphatic hydroxyl groups excluding tert-OH is 2. The highest BCUT2D eigenvalue weighted by molar-refractivity contribution is 7.99. The highest BCUT2D eigenvalue weighted by Gasteiger charge is 2.12. The minimum atomic E-state index is -0.676. The smallest absolute Gasteiger partial charge is 0.123 e. The highest BCUT2D eigenvalue weighted by atomic mass is 32.2. The number of aliphatic hydroxyl groups is 2. The van der Waals surface area contributed by atoms with Gasteiger partial charge in [-0.05, 0) is 6.07 Å². The van der Waals surface area contributed by atoms with E-state index >= 15 is 0 Å². The second kappa shape index (κ2) is 7.55. The molecule has 0 saturated carbocycles. The summed E-state index contributed by atoms with van der Waals surface area (Å²) < 4.78 is 5.24. The Hall–Kier alpha value is -0.750. The van der Waals surface area contributed by atoms with Gasteiger partial charge >= 0.3 is 0 Å². The van der Waals surface area contributed by atoms with E-state index in [1.54, 1.807) is 7.11 Å². The van der Waals surface area contributed by atoms with Crippen LogP contribution in [0.1, 0.15) is 11.6 Å². The lowest BCUT2D eigenvalue weighted by Crippen LogP contribution is -2.18. The normalized spacial score (nSPS) is 14.4. The van der Waals surface area contributed by atoms with Gasteiger partial charge in [0, 0.05) is 23.1 Å². The molecule has 0 saturated heterocycles. The Morgan fingerprint density at radius 1 is 1.35 bits per heavy atom. The second-order valence-electron chi connectivity index (χ2n) is 3.72. The van der Waals surface area contributed by atoms with Crippen molar-refractivity contribution in [1.82, 2.24) is 0 Å². The molecule has 4 N–H and O–H groups in total. The van der Waals surface area contributed by atoms with Crippen LogP contribution >= 0.6 is 11.8 Å². The molecule has 0 radical (unpaired) electrons. The van der Waals surface area contributed by atoms with Crippen molar-refractivity contribution in [2.75, 3.05) is 25.2 Å². The number of ether oxygens (including phenoxy) is 1. The molecule has 0 amide bonds. The number of nitrogens with two attached hydrogens (primary N) is 1. The fourth-order valence-corrected chi connectivity index (χ4v) is 2.39. The van der Waals surface area contributed by atoms with Gasteiger partial charge in [0.15, 0.2) is 0 Å². The first-order chi connectivity index (χ1) is 8.19. The zero-order valence-electron chi connectivity index (χ0n) is 9.87. The van der Waals surface area contributed by atoms with Gasteiger partial charge < -0.3 is 20.7 Å². The van der Waals surface area contributed by atoms with Crippen molar-refractivity contribution >= 4 is 11.8 Å². The first kappa shape index (κ1) is 14.3. The van der Waals surface area contributed by atoms with E-state index in [4.69, 9.17) is 15.6 Å². The predicted molar refractivity (Wildman–Crippen MR) is 70.3 cm³/mol. The largest absolute Gasteiger partial charge is 0.496 e. The molecule has 4 nitrogen and oxygen atoms in total. The Morgan fingerprint density at radius 2 is 2.06 bits per heavy atom. The van der Waals surface area contributed by atoms with E-state index in [-0.39, 0.29) is 12.6 Å². The summed E-state index contributed by atoms with van der Waals surface area (Å²) in [6.45, 7) is -0.211. The standard InChI is InChI=1S/C12H19NO3S/c1-16-12-5-3-2-4-10(12)11(13)8-17-7-9(15)6-14/h2-5,9,11,14-15H,6-8,13H2,1H3.